The first-order valence-electron chi connectivity index (χ1n) is 16.1. The van der Waals surface area contributed by atoms with E-state index >= 15 is 0 Å². The Morgan fingerprint density at radius 2 is 0.939 bits per heavy atom. The third kappa shape index (κ3) is 10.7. The molecule has 0 saturated heterocycles. The van der Waals surface area contributed by atoms with Crippen molar-refractivity contribution in [3.63, 3.8) is 0 Å². The Bertz CT molecular complexity index is 1700. The van der Waals surface area contributed by atoms with Gasteiger partial charge in [0, 0.05) is 37.9 Å². The monoisotopic (exact) mass is 653 g/mol. The zero-order chi connectivity index (χ0) is 35.0. The number of allylic oxidation sites excluding steroid dienone is 1. The molecule has 3 atom stereocenters. The SMILES string of the molecule is C=N/C(=C\N(N)[C@@H](Cc1ccccc1)/C(=C/N(N)[C@@H](Cc1ccccc1)/C(=C/N(N)[C@H](C)c1ccccc1)N=C)N=C)Cc1ccccc1. The second-order valence-corrected chi connectivity index (χ2v) is 11.7. The molecule has 0 unspecified atom stereocenters. The Morgan fingerprint density at radius 3 is 1.37 bits per heavy atom. The van der Waals surface area contributed by atoms with Crippen LogP contribution in [0.1, 0.15) is 35.2 Å². The minimum absolute atomic E-state index is 0.126. The first kappa shape index (κ1) is 36.2. The van der Waals surface area contributed by atoms with E-state index in [1.807, 2.05) is 128 Å². The van der Waals surface area contributed by atoms with Crippen LogP contribution in [0.4, 0.5) is 0 Å². The van der Waals surface area contributed by atoms with Crippen molar-refractivity contribution >= 4 is 20.2 Å². The van der Waals surface area contributed by atoms with Crippen molar-refractivity contribution in [1.29, 1.82) is 0 Å². The molecule has 4 rings (SSSR count). The molecule has 0 bridgehead atoms. The summed E-state index contributed by atoms with van der Waals surface area (Å²) in [6.07, 6.45) is 6.96. The van der Waals surface area contributed by atoms with Crippen molar-refractivity contribution in [1.82, 2.24) is 15.0 Å². The van der Waals surface area contributed by atoms with Gasteiger partial charge in [0.25, 0.3) is 0 Å². The number of hydrogen-bond acceptors (Lipinski definition) is 9. The third-order valence-electron chi connectivity index (χ3n) is 8.33. The van der Waals surface area contributed by atoms with Crippen LogP contribution in [0.15, 0.2) is 172 Å². The molecular weight excluding hydrogens is 607 g/mol. The van der Waals surface area contributed by atoms with Gasteiger partial charge >= 0.3 is 0 Å². The smallest absolute Gasteiger partial charge is 0.0921 e. The van der Waals surface area contributed by atoms with E-state index in [0.29, 0.717) is 36.4 Å². The minimum Gasteiger partial charge on any atom is -0.309 e. The molecule has 0 aromatic heterocycles. The molecule has 0 heterocycles. The highest BCUT2D eigenvalue weighted by molar-refractivity contribution is 5.36. The van der Waals surface area contributed by atoms with E-state index in [1.54, 1.807) is 33.6 Å². The topological polar surface area (TPSA) is 125 Å². The fraction of sp³-hybridized carbons (Fsp3) is 0.175. The molecule has 9 heteroatoms. The highest BCUT2D eigenvalue weighted by atomic mass is 15.4. The first-order chi connectivity index (χ1) is 23.8. The van der Waals surface area contributed by atoms with Crippen LogP contribution in [0.3, 0.4) is 0 Å². The van der Waals surface area contributed by atoms with Crippen molar-refractivity contribution in [2.24, 2.45) is 32.5 Å². The maximum atomic E-state index is 6.92. The van der Waals surface area contributed by atoms with Crippen molar-refractivity contribution in [2.75, 3.05) is 0 Å². The highest BCUT2D eigenvalue weighted by Gasteiger charge is 2.25. The molecule has 0 fully saturated rings. The Kier molecular flexibility index (Phi) is 13.8. The Labute approximate surface area is 290 Å². The second-order valence-electron chi connectivity index (χ2n) is 11.7. The maximum Gasteiger partial charge on any atom is 0.0921 e. The van der Waals surface area contributed by atoms with Crippen LogP contribution < -0.4 is 17.5 Å². The lowest BCUT2D eigenvalue weighted by molar-refractivity contribution is 0.273. The number of nitrogens with two attached hydrogens (primary N) is 3. The summed E-state index contributed by atoms with van der Waals surface area (Å²) in [6.45, 7) is 13.6. The molecule has 0 aliphatic heterocycles. The summed E-state index contributed by atoms with van der Waals surface area (Å²) in [4.78, 5) is 13.2. The van der Waals surface area contributed by atoms with Gasteiger partial charge in [0.1, 0.15) is 0 Å². The molecule has 0 spiro atoms. The van der Waals surface area contributed by atoms with Gasteiger partial charge < -0.3 is 15.0 Å². The van der Waals surface area contributed by atoms with Crippen molar-refractivity contribution in [2.45, 2.75) is 44.3 Å². The summed E-state index contributed by atoms with van der Waals surface area (Å²) >= 11 is 0. The van der Waals surface area contributed by atoms with Crippen LogP contribution in [0.25, 0.3) is 0 Å². The lowest BCUT2D eigenvalue weighted by Crippen LogP contribution is -2.43. The molecule has 0 aliphatic carbocycles. The van der Waals surface area contributed by atoms with Gasteiger partial charge in [-0.05, 0) is 49.3 Å². The lowest BCUT2D eigenvalue weighted by atomic mass is 10.0. The summed E-state index contributed by atoms with van der Waals surface area (Å²) in [6, 6.07) is 39.1. The molecule has 0 amide bonds. The Hall–Kier alpha value is -5.61. The highest BCUT2D eigenvalue weighted by Crippen LogP contribution is 2.24. The molecule has 0 radical (unpaired) electrons. The average molecular weight is 654 g/mol. The van der Waals surface area contributed by atoms with Crippen LogP contribution in [-0.2, 0) is 19.3 Å². The average Bonchev–Trinajstić information content (AvgIpc) is 3.15. The van der Waals surface area contributed by atoms with Crippen molar-refractivity contribution in [3.05, 3.63) is 179 Å². The number of nitrogens with zero attached hydrogens (tertiary/aromatic N) is 6. The molecule has 4 aromatic carbocycles. The molecule has 0 saturated carbocycles. The Morgan fingerprint density at radius 1 is 0.551 bits per heavy atom. The van der Waals surface area contributed by atoms with E-state index in [0.717, 1.165) is 22.3 Å². The third-order valence-corrected chi connectivity index (χ3v) is 8.33. The zero-order valence-corrected chi connectivity index (χ0v) is 28.2. The molecule has 49 heavy (non-hydrogen) atoms. The summed E-state index contributed by atoms with van der Waals surface area (Å²) < 4.78 is 0. The van der Waals surface area contributed by atoms with Gasteiger partial charge in [-0.1, -0.05) is 121 Å². The summed E-state index contributed by atoms with van der Waals surface area (Å²) in [5.41, 5.74) is 6.12. The number of rotatable bonds is 18. The van der Waals surface area contributed by atoms with Crippen LogP contribution in [0, 0.1) is 0 Å². The van der Waals surface area contributed by atoms with Crippen LogP contribution >= 0.6 is 0 Å². The lowest BCUT2D eigenvalue weighted by Gasteiger charge is -2.32. The van der Waals surface area contributed by atoms with Crippen LogP contribution in [0.5, 0.6) is 0 Å². The molecule has 6 N–H and O–H groups in total. The molecule has 0 aliphatic rings. The van der Waals surface area contributed by atoms with Gasteiger partial charge in [-0.25, -0.2) is 17.5 Å². The maximum absolute atomic E-state index is 6.92. The quantitative estimate of drug-likeness (QED) is 0.0652. The normalized spacial score (nSPS) is 13.9. The fourth-order valence-corrected chi connectivity index (χ4v) is 5.48. The van der Waals surface area contributed by atoms with E-state index in [1.165, 1.54) is 0 Å². The van der Waals surface area contributed by atoms with Crippen molar-refractivity contribution in [3.8, 4) is 0 Å². The predicted molar refractivity (Wildman–Crippen MR) is 204 cm³/mol. The van der Waals surface area contributed by atoms with Crippen molar-refractivity contribution < 1.29 is 0 Å². The standard InChI is InChI=1S/C40H47N9/c1-31(35-23-15-8-16-24-35)47(41)29-37(45-3)40(27-34-21-13-7-14-22-34)49(43)30-38(46-4)39(26-33-19-11-6-12-20-33)48(42)28-36(44-2)25-32-17-9-5-10-18-32/h5-24,28-31,39-40H,2-4,25-27,41-43H2,1H3/b36-28-,37-29-,38-30-/t31-,39+,40+/m1/s1. The van der Waals surface area contributed by atoms with Gasteiger partial charge in [0.15, 0.2) is 0 Å². The molecule has 4 aromatic rings. The van der Waals surface area contributed by atoms with Gasteiger partial charge in [0.05, 0.1) is 35.2 Å². The summed E-state index contributed by atoms with van der Waals surface area (Å²) in [5, 5.41) is 4.82. The van der Waals surface area contributed by atoms with E-state index in [9.17, 15) is 0 Å². The van der Waals surface area contributed by atoms with E-state index in [-0.39, 0.29) is 6.04 Å². The molecule has 252 valence electrons. The van der Waals surface area contributed by atoms with Crippen LogP contribution in [-0.4, -0.2) is 47.3 Å². The largest absolute Gasteiger partial charge is 0.309 e. The van der Waals surface area contributed by atoms with Gasteiger partial charge in [-0.3, -0.25) is 15.0 Å². The summed E-state index contributed by atoms with van der Waals surface area (Å²) in [5.74, 6) is 20.3. The number of hydrazine groups is 3. The minimum atomic E-state index is -0.465. The number of hydrogen-bond donors (Lipinski definition) is 3. The molecule has 9 nitrogen and oxygen atoms in total. The Balaban J connectivity index is 1.72. The van der Waals surface area contributed by atoms with Crippen LogP contribution in [0.2, 0.25) is 0 Å². The number of benzene rings is 4. The predicted octanol–water partition coefficient (Wildman–Crippen LogP) is 6.37. The summed E-state index contributed by atoms with van der Waals surface area (Å²) in [7, 11) is 0. The zero-order valence-electron chi connectivity index (χ0n) is 28.2. The molecular formula is C40H47N9. The van der Waals surface area contributed by atoms with E-state index in [4.69, 9.17) is 17.5 Å². The van der Waals surface area contributed by atoms with E-state index in [2.05, 4.69) is 35.1 Å². The van der Waals surface area contributed by atoms with Gasteiger partial charge in [-0.2, -0.15) is 0 Å². The first-order valence-corrected chi connectivity index (χ1v) is 16.1. The second kappa shape index (κ2) is 18.7. The fourth-order valence-electron chi connectivity index (χ4n) is 5.48. The van der Waals surface area contributed by atoms with Gasteiger partial charge in [-0.15, -0.1) is 0 Å². The van der Waals surface area contributed by atoms with E-state index < -0.39 is 12.1 Å². The number of aliphatic imine (C=N–C) groups is 3. The van der Waals surface area contributed by atoms with Gasteiger partial charge in [0.2, 0.25) is 0 Å².